The van der Waals surface area contributed by atoms with E-state index in [1.54, 1.807) is 41.2 Å². The van der Waals surface area contributed by atoms with Crippen molar-refractivity contribution in [3.63, 3.8) is 0 Å². The van der Waals surface area contributed by atoms with Gasteiger partial charge in [0.15, 0.2) is 0 Å². The number of halogens is 3. The molecule has 0 aliphatic rings. The highest BCUT2D eigenvalue weighted by molar-refractivity contribution is 7.07. The Balaban J connectivity index is 1.98. The topological polar surface area (TPSA) is 38.9 Å². The summed E-state index contributed by atoms with van der Waals surface area (Å²) < 4.78 is 43.7. The summed E-state index contributed by atoms with van der Waals surface area (Å²) in [6, 6.07) is 12.2. The second-order valence-electron chi connectivity index (χ2n) is 5.54. The van der Waals surface area contributed by atoms with Crippen molar-refractivity contribution in [1.82, 2.24) is 4.68 Å². The zero-order valence-electron chi connectivity index (χ0n) is 14.6. The zero-order chi connectivity index (χ0) is 19.9. The molecule has 0 aliphatic heterocycles. The third kappa shape index (κ3) is 4.98. The summed E-state index contributed by atoms with van der Waals surface area (Å²) in [4.78, 5) is 5.06. The summed E-state index contributed by atoms with van der Waals surface area (Å²) in [6.07, 6.45) is 3.26. The number of ether oxygens (including phenoxy) is 1. The van der Waals surface area contributed by atoms with E-state index < -0.39 is 6.61 Å². The highest BCUT2D eigenvalue weighted by Crippen LogP contribution is 2.24. The van der Waals surface area contributed by atoms with Gasteiger partial charge in [-0.1, -0.05) is 18.2 Å². The molecule has 4 nitrogen and oxygen atoms in total. The van der Waals surface area contributed by atoms with Gasteiger partial charge in [0.25, 0.3) is 0 Å². The molecule has 0 bridgehead atoms. The molecule has 0 saturated carbocycles. The Bertz CT molecular complexity index is 1020. The van der Waals surface area contributed by atoms with Crippen molar-refractivity contribution in [2.75, 3.05) is 6.54 Å². The van der Waals surface area contributed by atoms with Crippen LogP contribution in [0, 0.1) is 5.82 Å². The van der Waals surface area contributed by atoms with Gasteiger partial charge < -0.3 is 4.74 Å². The van der Waals surface area contributed by atoms with Crippen LogP contribution in [0.2, 0.25) is 0 Å². The zero-order valence-corrected chi connectivity index (χ0v) is 15.5. The first kappa shape index (κ1) is 19.6. The average Bonchev–Trinajstić information content (AvgIpc) is 3.09. The summed E-state index contributed by atoms with van der Waals surface area (Å²) in [6.45, 7) is 1.21. The number of thiazole rings is 1. The smallest absolute Gasteiger partial charge is 0.387 e. The lowest BCUT2D eigenvalue weighted by Gasteiger charge is -2.06. The van der Waals surface area contributed by atoms with Crippen LogP contribution in [0.5, 0.6) is 5.75 Å². The van der Waals surface area contributed by atoms with E-state index in [2.05, 4.69) is 21.4 Å². The molecular weight excluding hydrogens is 387 g/mol. The molecule has 0 saturated heterocycles. The van der Waals surface area contributed by atoms with E-state index in [1.807, 2.05) is 5.38 Å². The van der Waals surface area contributed by atoms with Gasteiger partial charge in [-0.25, -0.2) is 9.07 Å². The number of aromatic nitrogens is 1. The minimum absolute atomic E-state index is 0.0758. The largest absolute Gasteiger partial charge is 0.435 e. The molecule has 1 aromatic heterocycles. The normalized spacial score (nSPS) is 12.1. The number of hydrogen-bond donors (Lipinski definition) is 0. The predicted octanol–water partition coefficient (Wildman–Crippen LogP) is 4.93. The highest BCUT2D eigenvalue weighted by Gasteiger charge is 2.09. The first-order valence-electron chi connectivity index (χ1n) is 8.24. The fraction of sp³-hybridized carbons (Fsp3) is 0.100. The molecule has 0 N–H and O–H groups in total. The highest BCUT2D eigenvalue weighted by atomic mass is 32.1. The summed E-state index contributed by atoms with van der Waals surface area (Å²) >= 11 is 1.39. The van der Waals surface area contributed by atoms with Crippen LogP contribution in [0.25, 0.3) is 11.3 Å². The van der Waals surface area contributed by atoms with Crippen LogP contribution in [0.1, 0.15) is 5.56 Å². The van der Waals surface area contributed by atoms with Crippen molar-refractivity contribution in [3.05, 3.63) is 82.7 Å². The van der Waals surface area contributed by atoms with E-state index in [0.717, 1.165) is 16.8 Å². The first-order chi connectivity index (χ1) is 13.6. The Labute approximate surface area is 163 Å². The molecule has 28 heavy (non-hydrogen) atoms. The number of benzene rings is 2. The fourth-order valence-electron chi connectivity index (χ4n) is 2.34. The Hall–Kier alpha value is -3.13. The molecule has 1 heterocycles. The van der Waals surface area contributed by atoms with E-state index >= 15 is 0 Å². The third-order valence-electron chi connectivity index (χ3n) is 3.61. The van der Waals surface area contributed by atoms with E-state index in [9.17, 15) is 13.2 Å². The molecule has 0 aliphatic carbocycles. The van der Waals surface area contributed by atoms with Crippen molar-refractivity contribution in [1.29, 1.82) is 0 Å². The number of rotatable bonds is 7. The summed E-state index contributed by atoms with van der Waals surface area (Å²) in [5.41, 5.74) is 2.21. The molecule has 2 aromatic carbocycles. The summed E-state index contributed by atoms with van der Waals surface area (Å²) in [5, 5.41) is 6.33. The van der Waals surface area contributed by atoms with Crippen molar-refractivity contribution >= 4 is 17.6 Å². The number of hydrogen-bond acceptors (Lipinski definition) is 4. The lowest BCUT2D eigenvalue weighted by molar-refractivity contribution is -0.0498. The molecule has 0 radical (unpaired) electrons. The molecule has 0 unspecified atom stereocenters. The van der Waals surface area contributed by atoms with E-state index in [1.165, 1.54) is 35.6 Å². The van der Waals surface area contributed by atoms with Gasteiger partial charge in [0, 0.05) is 10.9 Å². The van der Waals surface area contributed by atoms with Gasteiger partial charge in [0.05, 0.1) is 18.5 Å². The standard InChI is InChI=1S/C20H16F3N3OS/c1-2-11-24-20-26(25-12-14-3-7-16(21)8-4-14)18(13-28-20)15-5-9-17(10-6-15)27-19(22)23/h2-10,12-13,19H,1,11H2/b24-20?,25-12+. The number of alkyl halides is 2. The van der Waals surface area contributed by atoms with Gasteiger partial charge in [-0.3, -0.25) is 4.99 Å². The quantitative estimate of drug-likeness (QED) is 0.407. The van der Waals surface area contributed by atoms with Crippen molar-refractivity contribution in [2.45, 2.75) is 6.61 Å². The monoisotopic (exact) mass is 403 g/mol. The minimum Gasteiger partial charge on any atom is -0.435 e. The molecule has 0 fully saturated rings. The summed E-state index contributed by atoms with van der Waals surface area (Å²) in [7, 11) is 0. The molecule has 8 heteroatoms. The van der Waals surface area contributed by atoms with Gasteiger partial charge in [0.1, 0.15) is 11.6 Å². The fourth-order valence-corrected chi connectivity index (χ4v) is 3.19. The molecule has 0 amide bonds. The van der Waals surface area contributed by atoms with Crippen LogP contribution >= 0.6 is 11.3 Å². The maximum absolute atomic E-state index is 13.1. The van der Waals surface area contributed by atoms with E-state index in [4.69, 9.17) is 0 Å². The molecule has 0 atom stereocenters. The molecular formula is C20H16F3N3OS. The van der Waals surface area contributed by atoms with Crippen LogP contribution in [-0.4, -0.2) is 24.0 Å². The van der Waals surface area contributed by atoms with Gasteiger partial charge >= 0.3 is 6.61 Å². The lowest BCUT2D eigenvalue weighted by Crippen LogP contribution is -2.12. The predicted molar refractivity (Wildman–Crippen MR) is 104 cm³/mol. The van der Waals surface area contributed by atoms with E-state index in [0.29, 0.717) is 11.3 Å². The molecule has 144 valence electrons. The van der Waals surface area contributed by atoms with Crippen LogP contribution in [0.3, 0.4) is 0 Å². The molecule has 0 spiro atoms. The van der Waals surface area contributed by atoms with Crippen LogP contribution in [0.4, 0.5) is 13.2 Å². The first-order valence-corrected chi connectivity index (χ1v) is 9.12. The molecule has 3 rings (SSSR count). The second-order valence-corrected chi connectivity index (χ2v) is 6.38. The summed E-state index contributed by atoms with van der Waals surface area (Å²) in [5.74, 6) is -0.249. The van der Waals surface area contributed by atoms with Crippen molar-refractivity contribution < 1.29 is 17.9 Å². The lowest BCUT2D eigenvalue weighted by atomic mass is 10.2. The van der Waals surface area contributed by atoms with Crippen LogP contribution in [-0.2, 0) is 0 Å². The Morgan fingerprint density at radius 2 is 1.82 bits per heavy atom. The van der Waals surface area contributed by atoms with Gasteiger partial charge in [-0.15, -0.1) is 17.9 Å². The van der Waals surface area contributed by atoms with Crippen LogP contribution < -0.4 is 9.54 Å². The minimum atomic E-state index is -2.87. The Morgan fingerprint density at radius 3 is 2.46 bits per heavy atom. The third-order valence-corrected chi connectivity index (χ3v) is 4.46. The SMILES string of the molecule is C=CCN=c1scc(-c2ccc(OC(F)F)cc2)n1/N=C/c1ccc(F)cc1. The second kappa shape index (κ2) is 9.18. The Kier molecular flexibility index (Phi) is 6.44. The maximum Gasteiger partial charge on any atom is 0.387 e. The van der Waals surface area contributed by atoms with Crippen molar-refractivity contribution in [2.24, 2.45) is 10.1 Å². The van der Waals surface area contributed by atoms with Gasteiger partial charge in [-0.2, -0.15) is 13.9 Å². The molecule has 3 aromatic rings. The number of nitrogens with zero attached hydrogens (tertiary/aromatic N) is 3. The van der Waals surface area contributed by atoms with Crippen LogP contribution in [0.15, 0.2) is 76.7 Å². The Morgan fingerprint density at radius 1 is 1.11 bits per heavy atom. The van der Waals surface area contributed by atoms with Crippen molar-refractivity contribution in [3.8, 4) is 17.0 Å². The average molecular weight is 403 g/mol. The van der Waals surface area contributed by atoms with Gasteiger partial charge in [0.2, 0.25) is 4.80 Å². The maximum atomic E-state index is 13.1. The van der Waals surface area contributed by atoms with E-state index in [-0.39, 0.29) is 11.6 Å². The van der Waals surface area contributed by atoms with Gasteiger partial charge in [-0.05, 0) is 42.0 Å².